The number of rotatable bonds is 7. The van der Waals surface area contributed by atoms with E-state index < -0.39 is 12.0 Å². The summed E-state index contributed by atoms with van der Waals surface area (Å²) >= 11 is 0. The molecule has 1 heterocycles. The predicted molar refractivity (Wildman–Crippen MR) is 83.3 cm³/mol. The number of carbonyl (C=O) groups excluding carboxylic acids is 2. The van der Waals surface area contributed by atoms with E-state index in [1.165, 1.54) is 0 Å². The van der Waals surface area contributed by atoms with Gasteiger partial charge in [-0.1, -0.05) is 6.42 Å². The first-order valence-corrected chi connectivity index (χ1v) is 7.68. The SMILES string of the molecule is CC(NC(=O)C1CCC1)C(=O)OCCNc1ncccc1C#N. The lowest BCUT2D eigenvalue weighted by Gasteiger charge is -2.25. The number of nitrogens with zero attached hydrogens (tertiary/aromatic N) is 2. The van der Waals surface area contributed by atoms with E-state index in [0.717, 1.165) is 19.3 Å². The molecule has 1 fully saturated rings. The molecule has 0 aromatic carbocycles. The van der Waals surface area contributed by atoms with Crippen LogP contribution in [-0.2, 0) is 14.3 Å². The summed E-state index contributed by atoms with van der Waals surface area (Å²) < 4.78 is 5.10. The van der Waals surface area contributed by atoms with Gasteiger partial charge in [-0.25, -0.2) is 9.78 Å². The largest absolute Gasteiger partial charge is 0.462 e. The number of pyridine rings is 1. The fourth-order valence-corrected chi connectivity index (χ4v) is 2.14. The Morgan fingerprint density at radius 2 is 2.30 bits per heavy atom. The van der Waals surface area contributed by atoms with Gasteiger partial charge in [-0.3, -0.25) is 4.79 Å². The van der Waals surface area contributed by atoms with Crippen LogP contribution in [-0.4, -0.2) is 36.1 Å². The Kier molecular flexibility index (Phi) is 5.92. The molecule has 1 aromatic rings. The molecule has 0 spiro atoms. The van der Waals surface area contributed by atoms with Crippen LogP contribution >= 0.6 is 0 Å². The van der Waals surface area contributed by atoms with Crippen molar-refractivity contribution in [2.24, 2.45) is 5.92 Å². The molecule has 1 aliphatic rings. The van der Waals surface area contributed by atoms with Crippen LogP contribution in [0.15, 0.2) is 18.3 Å². The second-order valence-electron chi connectivity index (χ2n) is 5.46. The maximum Gasteiger partial charge on any atom is 0.328 e. The molecule has 2 N–H and O–H groups in total. The standard InChI is InChI=1S/C16H20N4O3/c1-11(20-15(21)12-4-2-5-12)16(22)23-9-8-19-14-13(10-17)6-3-7-18-14/h3,6-7,11-12H,2,4-5,8-9H2,1H3,(H,18,19)(H,20,21). The Bertz CT molecular complexity index is 608. The molecule has 1 atom stereocenters. The van der Waals surface area contributed by atoms with Crippen LogP contribution in [0.4, 0.5) is 5.82 Å². The third kappa shape index (κ3) is 4.68. The van der Waals surface area contributed by atoms with E-state index in [0.29, 0.717) is 17.9 Å². The lowest BCUT2D eigenvalue weighted by molar-refractivity contribution is -0.147. The van der Waals surface area contributed by atoms with E-state index in [1.54, 1.807) is 25.3 Å². The third-order valence-electron chi connectivity index (χ3n) is 3.76. The summed E-state index contributed by atoms with van der Waals surface area (Å²) in [5.74, 6) is -0.0511. The van der Waals surface area contributed by atoms with Crippen molar-refractivity contribution < 1.29 is 14.3 Å². The number of nitriles is 1. The highest BCUT2D eigenvalue weighted by Gasteiger charge is 2.27. The number of anilines is 1. The molecular formula is C16H20N4O3. The molecule has 23 heavy (non-hydrogen) atoms. The number of nitrogens with one attached hydrogen (secondary N) is 2. The quantitative estimate of drug-likeness (QED) is 0.579. The molecule has 1 saturated carbocycles. The van der Waals surface area contributed by atoms with E-state index in [4.69, 9.17) is 10.00 Å². The van der Waals surface area contributed by atoms with Crippen molar-refractivity contribution in [3.8, 4) is 6.07 Å². The fourth-order valence-electron chi connectivity index (χ4n) is 2.14. The topological polar surface area (TPSA) is 104 Å². The lowest BCUT2D eigenvalue weighted by Crippen LogP contribution is -2.44. The highest BCUT2D eigenvalue weighted by atomic mass is 16.5. The van der Waals surface area contributed by atoms with Crippen LogP contribution in [0.25, 0.3) is 0 Å². The predicted octanol–water partition coefficient (Wildman–Crippen LogP) is 1.21. The maximum absolute atomic E-state index is 11.8. The molecule has 1 unspecified atom stereocenters. The fraction of sp³-hybridized carbons (Fsp3) is 0.500. The molecule has 0 radical (unpaired) electrons. The summed E-state index contributed by atoms with van der Waals surface area (Å²) in [5, 5.41) is 14.5. The number of amides is 1. The van der Waals surface area contributed by atoms with Gasteiger partial charge in [-0.2, -0.15) is 5.26 Å². The molecule has 1 aliphatic carbocycles. The van der Waals surface area contributed by atoms with E-state index in [1.807, 2.05) is 6.07 Å². The Hall–Kier alpha value is -2.62. The second-order valence-corrected chi connectivity index (χ2v) is 5.46. The Labute approximate surface area is 135 Å². The summed E-state index contributed by atoms with van der Waals surface area (Å²) in [7, 11) is 0. The zero-order chi connectivity index (χ0) is 16.7. The molecule has 7 nitrogen and oxygen atoms in total. The van der Waals surface area contributed by atoms with Crippen LogP contribution in [0.5, 0.6) is 0 Å². The molecule has 1 aromatic heterocycles. The normalized spacial score (nSPS) is 15.0. The van der Waals surface area contributed by atoms with Crippen LogP contribution in [0.3, 0.4) is 0 Å². The summed E-state index contributed by atoms with van der Waals surface area (Å²) in [5.41, 5.74) is 0.431. The number of hydrogen-bond donors (Lipinski definition) is 2. The van der Waals surface area contributed by atoms with Gasteiger partial charge in [0.1, 0.15) is 24.5 Å². The van der Waals surface area contributed by atoms with E-state index in [-0.39, 0.29) is 18.4 Å². The number of carbonyl (C=O) groups is 2. The van der Waals surface area contributed by atoms with Crippen LogP contribution in [0, 0.1) is 17.2 Å². The van der Waals surface area contributed by atoms with Gasteiger partial charge in [0.05, 0.1) is 12.1 Å². The molecule has 0 bridgehead atoms. The van der Waals surface area contributed by atoms with E-state index >= 15 is 0 Å². The molecule has 0 aliphatic heterocycles. The molecule has 1 amide bonds. The summed E-state index contributed by atoms with van der Waals surface area (Å²) in [6, 6.07) is 4.70. The molecule has 122 valence electrons. The molecule has 2 rings (SSSR count). The molecule has 7 heteroatoms. The van der Waals surface area contributed by atoms with Gasteiger partial charge in [-0.15, -0.1) is 0 Å². The Morgan fingerprint density at radius 1 is 1.52 bits per heavy atom. The lowest BCUT2D eigenvalue weighted by atomic mass is 9.84. The number of hydrogen-bond acceptors (Lipinski definition) is 6. The Morgan fingerprint density at radius 3 is 2.96 bits per heavy atom. The smallest absolute Gasteiger partial charge is 0.328 e. The first kappa shape index (κ1) is 16.7. The monoisotopic (exact) mass is 316 g/mol. The van der Waals surface area contributed by atoms with Crippen LogP contribution in [0.2, 0.25) is 0 Å². The van der Waals surface area contributed by atoms with Crippen LogP contribution < -0.4 is 10.6 Å². The van der Waals surface area contributed by atoms with Crippen molar-refractivity contribution in [2.75, 3.05) is 18.5 Å². The first-order chi connectivity index (χ1) is 11.1. The number of ether oxygens (including phenoxy) is 1. The zero-order valence-corrected chi connectivity index (χ0v) is 13.0. The van der Waals surface area contributed by atoms with Crippen LogP contribution in [0.1, 0.15) is 31.7 Å². The second kappa shape index (κ2) is 8.13. The highest BCUT2D eigenvalue weighted by Crippen LogP contribution is 2.26. The first-order valence-electron chi connectivity index (χ1n) is 7.68. The van der Waals surface area contributed by atoms with Crippen molar-refractivity contribution in [1.82, 2.24) is 10.3 Å². The van der Waals surface area contributed by atoms with Crippen molar-refractivity contribution >= 4 is 17.7 Å². The molecule has 0 saturated heterocycles. The van der Waals surface area contributed by atoms with Gasteiger partial charge in [0.2, 0.25) is 5.91 Å². The molecular weight excluding hydrogens is 296 g/mol. The van der Waals surface area contributed by atoms with Gasteiger partial charge < -0.3 is 15.4 Å². The van der Waals surface area contributed by atoms with E-state index in [2.05, 4.69) is 15.6 Å². The van der Waals surface area contributed by atoms with Crippen molar-refractivity contribution in [3.63, 3.8) is 0 Å². The van der Waals surface area contributed by atoms with Gasteiger partial charge in [-0.05, 0) is 31.9 Å². The minimum atomic E-state index is -0.660. The Balaban J connectivity index is 1.68. The zero-order valence-electron chi connectivity index (χ0n) is 13.0. The minimum Gasteiger partial charge on any atom is -0.462 e. The average Bonchev–Trinajstić information content (AvgIpc) is 2.49. The summed E-state index contributed by atoms with van der Waals surface area (Å²) in [4.78, 5) is 27.6. The van der Waals surface area contributed by atoms with Gasteiger partial charge in [0.15, 0.2) is 0 Å². The van der Waals surface area contributed by atoms with Gasteiger partial charge >= 0.3 is 5.97 Å². The minimum absolute atomic E-state index is 0.0421. The highest BCUT2D eigenvalue weighted by molar-refractivity contribution is 5.85. The third-order valence-corrected chi connectivity index (χ3v) is 3.76. The number of aromatic nitrogens is 1. The van der Waals surface area contributed by atoms with Crippen molar-refractivity contribution in [2.45, 2.75) is 32.2 Å². The van der Waals surface area contributed by atoms with Gasteiger partial charge in [0.25, 0.3) is 0 Å². The summed E-state index contributed by atoms with van der Waals surface area (Å²) in [6.07, 6.45) is 4.43. The van der Waals surface area contributed by atoms with Gasteiger partial charge in [0, 0.05) is 12.1 Å². The van der Waals surface area contributed by atoms with Crippen molar-refractivity contribution in [3.05, 3.63) is 23.9 Å². The van der Waals surface area contributed by atoms with E-state index in [9.17, 15) is 9.59 Å². The summed E-state index contributed by atoms with van der Waals surface area (Å²) in [6.45, 7) is 2.07. The van der Waals surface area contributed by atoms with Crippen molar-refractivity contribution in [1.29, 1.82) is 5.26 Å². The average molecular weight is 316 g/mol. The maximum atomic E-state index is 11.8. The number of esters is 1.